The van der Waals surface area contributed by atoms with Crippen LogP contribution in [0.1, 0.15) is 17.3 Å². The summed E-state index contributed by atoms with van der Waals surface area (Å²) in [5.74, 6) is -1.39. The lowest BCUT2D eigenvalue weighted by atomic mass is 10.2. The third-order valence-electron chi connectivity index (χ3n) is 3.23. The van der Waals surface area contributed by atoms with E-state index in [4.69, 9.17) is 10.5 Å². The van der Waals surface area contributed by atoms with Crippen LogP contribution < -0.4 is 11.1 Å². The van der Waals surface area contributed by atoms with Crippen molar-refractivity contribution in [1.82, 2.24) is 0 Å². The van der Waals surface area contributed by atoms with Crippen molar-refractivity contribution < 1.29 is 19.2 Å². The molecule has 1 amide bonds. The van der Waals surface area contributed by atoms with Crippen molar-refractivity contribution in [2.75, 3.05) is 11.1 Å². The number of nitro benzene ring substituents is 1. The maximum Gasteiger partial charge on any atom is 0.339 e. The van der Waals surface area contributed by atoms with Crippen LogP contribution in [0, 0.1) is 10.1 Å². The van der Waals surface area contributed by atoms with Gasteiger partial charge in [-0.25, -0.2) is 4.79 Å². The number of carbonyl (C=O) groups is 2. The maximum absolute atomic E-state index is 12.1. The number of ether oxygens (including phenoxy) is 1. The molecule has 2 rings (SSSR count). The smallest absolute Gasteiger partial charge is 0.339 e. The van der Waals surface area contributed by atoms with Crippen LogP contribution in [0.4, 0.5) is 17.1 Å². The molecule has 0 aliphatic carbocycles. The predicted molar refractivity (Wildman–Crippen MR) is 95.2 cm³/mol. The van der Waals surface area contributed by atoms with Crippen LogP contribution in [0.25, 0.3) is 0 Å². The van der Waals surface area contributed by atoms with E-state index in [2.05, 4.69) is 21.2 Å². The number of halogens is 1. The Morgan fingerprint density at radius 3 is 2.48 bits per heavy atom. The summed E-state index contributed by atoms with van der Waals surface area (Å²) in [4.78, 5) is 34.3. The van der Waals surface area contributed by atoms with E-state index in [1.54, 1.807) is 24.3 Å². The van der Waals surface area contributed by atoms with Gasteiger partial charge in [0.1, 0.15) is 5.69 Å². The minimum Gasteiger partial charge on any atom is -0.449 e. The molecular formula is C16H14BrN3O5. The molecular weight excluding hydrogens is 394 g/mol. The first-order valence-electron chi connectivity index (χ1n) is 7.09. The second kappa shape index (κ2) is 7.75. The Bertz CT molecular complexity index is 823. The fourth-order valence-corrected chi connectivity index (χ4v) is 2.15. The number of amides is 1. The Morgan fingerprint density at radius 2 is 1.88 bits per heavy atom. The highest BCUT2D eigenvalue weighted by Crippen LogP contribution is 2.23. The molecule has 0 saturated heterocycles. The number of nitrogens with one attached hydrogen (secondary N) is 1. The monoisotopic (exact) mass is 407 g/mol. The molecule has 25 heavy (non-hydrogen) atoms. The summed E-state index contributed by atoms with van der Waals surface area (Å²) in [6.45, 7) is 1.40. The van der Waals surface area contributed by atoms with Crippen LogP contribution in [-0.2, 0) is 9.53 Å². The minimum atomic E-state index is -1.09. The van der Waals surface area contributed by atoms with Crippen molar-refractivity contribution in [2.24, 2.45) is 0 Å². The molecule has 0 heterocycles. The number of nitrogens with two attached hydrogens (primary N) is 1. The van der Waals surface area contributed by atoms with Gasteiger partial charge < -0.3 is 15.8 Å². The van der Waals surface area contributed by atoms with E-state index in [-0.39, 0.29) is 11.3 Å². The third kappa shape index (κ3) is 4.77. The second-order valence-corrected chi connectivity index (χ2v) is 5.99. The molecule has 9 heteroatoms. The molecule has 0 fully saturated rings. The predicted octanol–water partition coefficient (Wildman–Crippen LogP) is 3.12. The molecule has 3 N–H and O–H groups in total. The van der Waals surface area contributed by atoms with Crippen LogP contribution >= 0.6 is 15.9 Å². The molecule has 8 nitrogen and oxygen atoms in total. The lowest BCUT2D eigenvalue weighted by Gasteiger charge is -2.13. The van der Waals surface area contributed by atoms with Gasteiger partial charge in [-0.05, 0) is 43.3 Å². The van der Waals surface area contributed by atoms with E-state index in [9.17, 15) is 19.7 Å². The first-order chi connectivity index (χ1) is 11.8. The Kier molecular flexibility index (Phi) is 5.71. The molecule has 0 spiro atoms. The van der Waals surface area contributed by atoms with Gasteiger partial charge in [0, 0.05) is 16.2 Å². The number of nitrogens with zero attached hydrogens (tertiary/aromatic N) is 1. The van der Waals surface area contributed by atoms with Crippen LogP contribution in [0.5, 0.6) is 0 Å². The highest BCUT2D eigenvalue weighted by molar-refractivity contribution is 9.10. The fourth-order valence-electron chi connectivity index (χ4n) is 1.89. The van der Waals surface area contributed by atoms with Gasteiger partial charge in [0.15, 0.2) is 6.10 Å². The van der Waals surface area contributed by atoms with Crippen molar-refractivity contribution in [3.63, 3.8) is 0 Å². The van der Waals surface area contributed by atoms with Gasteiger partial charge >= 0.3 is 5.97 Å². The number of nitro groups is 1. The summed E-state index contributed by atoms with van der Waals surface area (Å²) in [6.07, 6.45) is -1.09. The largest absolute Gasteiger partial charge is 0.449 e. The van der Waals surface area contributed by atoms with E-state index >= 15 is 0 Å². The van der Waals surface area contributed by atoms with Crippen molar-refractivity contribution in [1.29, 1.82) is 0 Å². The number of carbonyl (C=O) groups excluding carboxylic acids is 2. The third-order valence-corrected chi connectivity index (χ3v) is 3.76. The quantitative estimate of drug-likeness (QED) is 0.339. The van der Waals surface area contributed by atoms with Crippen LogP contribution in [0.15, 0.2) is 46.9 Å². The highest BCUT2D eigenvalue weighted by Gasteiger charge is 2.21. The highest BCUT2D eigenvalue weighted by atomic mass is 79.9. The van der Waals surface area contributed by atoms with Gasteiger partial charge in [-0.1, -0.05) is 15.9 Å². The van der Waals surface area contributed by atoms with Gasteiger partial charge in [0.05, 0.1) is 10.5 Å². The van der Waals surface area contributed by atoms with Gasteiger partial charge in [-0.15, -0.1) is 0 Å². The standard InChI is InChI=1S/C16H14BrN3O5/c1-9(15(21)19-12-5-3-11(17)4-6-12)25-16(22)10-2-7-13(18)14(8-10)20(23)24/h2-9H,18H2,1H3,(H,19,21)/t9-/m1/s1. The van der Waals surface area contributed by atoms with Gasteiger partial charge in [-0.3, -0.25) is 14.9 Å². The van der Waals surface area contributed by atoms with Crippen molar-refractivity contribution in [3.8, 4) is 0 Å². The molecule has 130 valence electrons. The number of esters is 1. The van der Waals surface area contributed by atoms with Crippen LogP contribution in [-0.4, -0.2) is 22.9 Å². The molecule has 0 aliphatic rings. The normalized spacial score (nSPS) is 11.4. The molecule has 0 aliphatic heterocycles. The molecule has 0 unspecified atom stereocenters. The Morgan fingerprint density at radius 1 is 1.24 bits per heavy atom. The lowest BCUT2D eigenvalue weighted by Crippen LogP contribution is -2.30. The molecule has 0 bridgehead atoms. The molecule has 2 aromatic carbocycles. The van der Waals surface area contributed by atoms with Gasteiger partial charge in [-0.2, -0.15) is 0 Å². The molecule has 0 saturated carbocycles. The lowest BCUT2D eigenvalue weighted by molar-refractivity contribution is -0.383. The zero-order valence-corrected chi connectivity index (χ0v) is 14.6. The van der Waals surface area contributed by atoms with E-state index in [0.29, 0.717) is 5.69 Å². The summed E-state index contributed by atoms with van der Waals surface area (Å²) >= 11 is 3.28. The van der Waals surface area contributed by atoms with E-state index in [1.165, 1.54) is 19.1 Å². The van der Waals surface area contributed by atoms with Crippen molar-refractivity contribution in [3.05, 3.63) is 62.6 Å². The summed E-state index contributed by atoms with van der Waals surface area (Å²) in [6, 6.07) is 10.4. The molecule has 1 atom stereocenters. The number of rotatable bonds is 5. The average molecular weight is 408 g/mol. The average Bonchev–Trinajstić information content (AvgIpc) is 2.56. The topological polar surface area (TPSA) is 125 Å². The Balaban J connectivity index is 2.04. The number of nitrogen functional groups attached to an aromatic ring is 1. The van der Waals surface area contributed by atoms with Gasteiger partial charge in [0.25, 0.3) is 11.6 Å². The fraction of sp³-hybridized carbons (Fsp3) is 0.125. The van der Waals surface area contributed by atoms with Crippen LogP contribution in [0.2, 0.25) is 0 Å². The molecule has 0 radical (unpaired) electrons. The van der Waals surface area contributed by atoms with Gasteiger partial charge in [0.2, 0.25) is 0 Å². The first-order valence-corrected chi connectivity index (χ1v) is 7.88. The maximum atomic E-state index is 12.1. The first kappa shape index (κ1) is 18.4. The summed E-state index contributed by atoms with van der Waals surface area (Å²) in [5, 5.41) is 13.5. The minimum absolute atomic E-state index is 0.0656. The zero-order valence-electron chi connectivity index (χ0n) is 13.1. The van der Waals surface area contributed by atoms with Crippen molar-refractivity contribution in [2.45, 2.75) is 13.0 Å². The number of hydrogen-bond acceptors (Lipinski definition) is 6. The molecule has 2 aromatic rings. The van der Waals surface area contributed by atoms with E-state index in [0.717, 1.165) is 10.5 Å². The Hall–Kier alpha value is -2.94. The summed E-state index contributed by atoms with van der Waals surface area (Å²) in [5.41, 5.74) is 5.48. The SMILES string of the molecule is C[C@@H](OC(=O)c1ccc(N)c([N+](=O)[O-])c1)C(=O)Nc1ccc(Br)cc1. The van der Waals surface area contributed by atoms with E-state index < -0.39 is 28.6 Å². The summed E-state index contributed by atoms with van der Waals surface area (Å²) < 4.78 is 5.90. The second-order valence-electron chi connectivity index (χ2n) is 5.07. The van der Waals surface area contributed by atoms with Crippen LogP contribution in [0.3, 0.4) is 0 Å². The number of benzene rings is 2. The van der Waals surface area contributed by atoms with E-state index in [1.807, 2.05) is 0 Å². The molecule has 0 aromatic heterocycles. The number of anilines is 2. The Labute approximate surface area is 151 Å². The summed E-state index contributed by atoms with van der Waals surface area (Å²) in [7, 11) is 0. The number of hydrogen-bond donors (Lipinski definition) is 2. The zero-order chi connectivity index (χ0) is 18.6. The van der Waals surface area contributed by atoms with Crippen molar-refractivity contribution >= 4 is 44.9 Å².